The maximum Gasteiger partial charge on any atom is 0.241 e. The molecule has 1 rings (SSSR count). The van der Waals surface area contributed by atoms with Gasteiger partial charge in [-0.05, 0) is 26.7 Å². The molecule has 0 bridgehead atoms. The molecular weight excluding hydrogens is 152 g/mol. The van der Waals surface area contributed by atoms with Gasteiger partial charge in [0.1, 0.15) is 0 Å². The van der Waals surface area contributed by atoms with Gasteiger partial charge in [-0.25, -0.2) is 0 Å². The van der Waals surface area contributed by atoms with E-state index in [1.165, 1.54) is 0 Å². The van der Waals surface area contributed by atoms with Crippen LogP contribution in [0.5, 0.6) is 0 Å². The molecule has 2 unspecified atom stereocenters. The van der Waals surface area contributed by atoms with Crippen LogP contribution in [0.15, 0.2) is 0 Å². The maximum absolute atomic E-state index is 11.5. The molecule has 3 heteroatoms. The molecule has 3 nitrogen and oxygen atoms in total. The van der Waals surface area contributed by atoms with Crippen molar-refractivity contribution < 1.29 is 4.79 Å². The van der Waals surface area contributed by atoms with Crippen molar-refractivity contribution in [2.75, 3.05) is 0 Å². The molecule has 1 fully saturated rings. The summed E-state index contributed by atoms with van der Waals surface area (Å²) in [5.74, 6) is 0.120. The molecule has 12 heavy (non-hydrogen) atoms. The van der Waals surface area contributed by atoms with Crippen molar-refractivity contribution in [1.29, 1.82) is 0 Å². The minimum Gasteiger partial charge on any atom is -0.337 e. The van der Waals surface area contributed by atoms with Crippen molar-refractivity contribution in [1.82, 2.24) is 10.6 Å². The molecule has 0 radical (unpaired) electrons. The van der Waals surface area contributed by atoms with E-state index in [1.807, 2.05) is 20.8 Å². The average molecular weight is 170 g/mol. The summed E-state index contributed by atoms with van der Waals surface area (Å²) in [5.41, 5.74) is -0.577. The lowest BCUT2D eigenvalue weighted by Gasteiger charge is -2.26. The van der Waals surface area contributed by atoms with E-state index in [9.17, 15) is 4.79 Å². The number of hydrogen-bond acceptors (Lipinski definition) is 2. The van der Waals surface area contributed by atoms with Crippen molar-refractivity contribution in [3.05, 3.63) is 0 Å². The third-order valence-electron chi connectivity index (χ3n) is 2.86. The lowest BCUT2D eigenvalue weighted by molar-refractivity contribution is -0.123. The average Bonchev–Trinajstić information content (AvgIpc) is 2.25. The van der Waals surface area contributed by atoms with Crippen LogP contribution in [-0.4, -0.2) is 17.1 Å². The molecule has 1 aliphatic heterocycles. The van der Waals surface area contributed by atoms with Crippen LogP contribution in [0.4, 0.5) is 0 Å². The van der Waals surface area contributed by atoms with Gasteiger partial charge in [0.15, 0.2) is 0 Å². The first-order chi connectivity index (χ1) is 5.46. The molecule has 1 saturated heterocycles. The zero-order valence-corrected chi connectivity index (χ0v) is 8.32. The smallest absolute Gasteiger partial charge is 0.241 e. The van der Waals surface area contributed by atoms with Gasteiger partial charge in [-0.15, -0.1) is 0 Å². The van der Waals surface area contributed by atoms with Crippen LogP contribution >= 0.6 is 0 Å². The second-order valence-electron chi connectivity index (χ2n) is 3.95. The third kappa shape index (κ3) is 1.33. The topological polar surface area (TPSA) is 41.1 Å². The summed E-state index contributed by atoms with van der Waals surface area (Å²) in [5, 5.41) is 6.30. The molecule has 1 amide bonds. The van der Waals surface area contributed by atoms with Gasteiger partial charge in [0.05, 0.1) is 11.2 Å². The fourth-order valence-electron chi connectivity index (χ4n) is 1.51. The van der Waals surface area contributed by atoms with Crippen molar-refractivity contribution in [3.8, 4) is 0 Å². The summed E-state index contributed by atoms with van der Waals surface area (Å²) >= 11 is 0. The fraction of sp³-hybridized carbons (Fsp3) is 0.889. The normalized spacial score (nSPS) is 41.5. The van der Waals surface area contributed by atoms with Crippen LogP contribution in [0.2, 0.25) is 0 Å². The summed E-state index contributed by atoms with van der Waals surface area (Å²) in [6.07, 6.45) is 1.74. The highest BCUT2D eigenvalue weighted by atomic mass is 16.2. The van der Waals surface area contributed by atoms with Crippen LogP contribution in [-0.2, 0) is 4.79 Å². The fourth-order valence-corrected chi connectivity index (χ4v) is 1.51. The second-order valence-corrected chi connectivity index (χ2v) is 3.95. The van der Waals surface area contributed by atoms with Crippen molar-refractivity contribution in [2.45, 2.75) is 51.7 Å². The van der Waals surface area contributed by atoms with Gasteiger partial charge in [0.2, 0.25) is 5.91 Å². The molecule has 0 aliphatic carbocycles. The standard InChI is InChI=1S/C9H18N2O/c1-5-8(3)7(12)10-9(4,6-2)11-8/h11H,5-6H2,1-4H3,(H,10,12). The minimum absolute atomic E-state index is 0.120. The SMILES string of the molecule is CCC1(C)NC(=O)C(C)(CC)N1. The largest absolute Gasteiger partial charge is 0.337 e. The first-order valence-corrected chi connectivity index (χ1v) is 4.58. The molecule has 2 atom stereocenters. The Labute approximate surface area is 73.9 Å². The van der Waals surface area contributed by atoms with Gasteiger partial charge in [-0.2, -0.15) is 0 Å². The Morgan fingerprint density at radius 3 is 2.08 bits per heavy atom. The number of amides is 1. The molecular formula is C9H18N2O. The Morgan fingerprint density at radius 1 is 1.25 bits per heavy atom. The highest BCUT2D eigenvalue weighted by molar-refractivity contribution is 5.88. The first kappa shape index (κ1) is 9.52. The number of hydrogen-bond donors (Lipinski definition) is 2. The van der Waals surface area contributed by atoms with E-state index in [2.05, 4.69) is 17.6 Å². The summed E-state index contributed by atoms with van der Waals surface area (Å²) in [4.78, 5) is 11.5. The van der Waals surface area contributed by atoms with E-state index in [0.717, 1.165) is 12.8 Å². The van der Waals surface area contributed by atoms with Gasteiger partial charge < -0.3 is 5.32 Å². The predicted octanol–water partition coefficient (Wildman–Crippen LogP) is 1.00. The Bertz CT molecular complexity index is 205. The molecule has 70 valence electrons. The van der Waals surface area contributed by atoms with Gasteiger partial charge in [0.25, 0.3) is 0 Å². The monoisotopic (exact) mass is 170 g/mol. The van der Waals surface area contributed by atoms with Gasteiger partial charge in [-0.1, -0.05) is 13.8 Å². The van der Waals surface area contributed by atoms with Crippen LogP contribution < -0.4 is 10.6 Å². The van der Waals surface area contributed by atoms with Gasteiger partial charge in [0, 0.05) is 0 Å². The van der Waals surface area contributed by atoms with Gasteiger partial charge >= 0.3 is 0 Å². The third-order valence-corrected chi connectivity index (χ3v) is 2.86. The molecule has 1 aliphatic rings. The Morgan fingerprint density at radius 2 is 1.83 bits per heavy atom. The van der Waals surface area contributed by atoms with Crippen LogP contribution in [0, 0.1) is 0 Å². The summed E-state index contributed by atoms with van der Waals surface area (Å²) in [6, 6.07) is 0. The minimum atomic E-state index is -0.370. The quantitative estimate of drug-likeness (QED) is 0.649. The molecule has 1 heterocycles. The first-order valence-electron chi connectivity index (χ1n) is 4.58. The maximum atomic E-state index is 11.5. The van der Waals surface area contributed by atoms with Crippen LogP contribution in [0.3, 0.4) is 0 Å². The number of rotatable bonds is 2. The molecule has 0 spiro atoms. The van der Waals surface area contributed by atoms with E-state index in [0.29, 0.717) is 0 Å². The molecule has 0 aromatic heterocycles. The van der Waals surface area contributed by atoms with E-state index in [-0.39, 0.29) is 17.1 Å². The number of nitrogens with one attached hydrogen (secondary N) is 2. The van der Waals surface area contributed by atoms with Crippen LogP contribution in [0.25, 0.3) is 0 Å². The van der Waals surface area contributed by atoms with Crippen LogP contribution in [0.1, 0.15) is 40.5 Å². The zero-order chi connectivity index (χ0) is 9.41. The highest BCUT2D eigenvalue weighted by Crippen LogP contribution is 2.23. The van der Waals surface area contributed by atoms with E-state index in [4.69, 9.17) is 0 Å². The van der Waals surface area contributed by atoms with Gasteiger partial charge in [-0.3, -0.25) is 10.1 Å². The highest BCUT2D eigenvalue weighted by Gasteiger charge is 2.46. The molecule has 0 saturated carbocycles. The summed E-state index contributed by atoms with van der Waals surface area (Å²) in [6.45, 7) is 8.05. The summed E-state index contributed by atoms with van der Waals surface area (Å²) < 4.78 is 0. The number of carbonyl (C=O) groups excluding carboxylic acids is 1. The zero-order valence-electron chi connectivity index (χ0n) is 8.32. The molecule has 0 aromatic carbocycles. The molecule has 0 aromatic rings. The molecule has 2 N–H and O–H groups in total. The van der Waals surface area contributed by atoms with Crippen molar-refractivity contribution in [2.24, 2.45) is 0 Å². The Balaban J connectivity index is 2.81. The second kappa shape index (κ2) is 2.73. The lowest BCUT2D eigenvalue weighted by atomic mass is 9.99. The predicted molar refractivity (Wildman–Crippen MR) is 48.7 cm³/mol. The van der Waals surface area contributed by atoms with E-state index in [1.54, 1.807) is 0 Å². The lowest BCUT2D eigenvalue weighted by Crippen LogP contribution is -2.50. The van der Waals surface area contributed by atoms with Crippen molar-refractivity contribution >= 4 is 5.91 Å². The summed E-state index contributed by atoms with van der Waals surface area (Å²) in [7, 11) is 0. The number of carbonyl (C=O) groups is 1. The van der Waals surface area contributed by atoms with E-state index >= 15 is 0 Å². The Kier molecular flexibility index (Phi) is 2.17. The van der Waals surface area contributed by atoms with Crippen molar-refractivity contribution in [3.63, 3.8) is 0 Å². The van der Waals surface area contributed by atoms with E-state index < -0.39 is 0 Å². The Hall–Kier alpha value is -0.570.